The highest BCUT2D eigenvalue weighted by molar-refractivity contribution is 6.18. The van der Waals surface area contributed by atoms with Crippen molar-refractivity contribution in [3.8, 4) is 0 Å². The number of alkyl halides is 1. The molecule has 0 saturated carbocycles. The van der Waals surface area contributed by atoms with Crippen LogP contribution in [0.1, 0.15) is 12.8 Å². The molecule has 0 radical (unpaired) electrons. The lowest BCUT2D eigenvalue weighted by Gasteiger charge is -2.23. The van der Waals surface area contributed by atoms with Crippen LogP contribution in [0.5, 0.6) is 0 Å². The number of amides is 1. The van der Waals surface area contributed by atoms with Gasteiger partial charge in [0.2, 0.25) is 0 Å². The standard InChI is InChI=1S/C8H15ClN2O2/c9-3-6-13-8(12)11-7-1-4-10-5-2-7/h7,10H,1-6H2,(H,11,12). The molecule has 76 valence electrons. The first kappa shape index (κ1) is 10.6. The number of nitrogens with one attached hydrogen (secondary N) is 2. The summed E-state index contributed by atoms with van der Waals surface area (Å²) >= 11 is 5.37. The zero-order valence-corrected chi connectivity index (χ0v) is 8.27. The van der Waals surface area contributed by atoms with Gasteiger partial charge in [0.1, 0.15) is 6.61 Å². The number of carbonyl (C=O) groups is 1. The molecule has 13 heavy (non-hydrogen) atoms. The third-order valence-corrected chi connectivity index (χ3v) is 2.13. The first-order valence-corrected chi connectivity index (χ1v) is 5.06. The van der Waals surface area contributed by atoms with E-state index in [1.807, 2.05) is 0 Å². The van der Waals surface area contributed by atoms with Crippen molar-refractivity contribution < 1.29 is 9.53 Å². The molecular formula is C8H15ClN2O2. The van der Waals surface area contributed by atoms with Gasteiger partial charge in [-0.05, 0) is 25.9 Å². The molecule has 1 fully saturated rings. The molecule has 0 aromatic carbocycles. The molecule has 0 aromatic rings. The minimum absolute atomic E-state index is 0.254. The Balaban J connectivity index is 2.11. The van der Waals surface area contributed by atoms with Gasteiger partial charge in [-0.15, -0.1) is 11.6 Å². The molecule has 0 aliphatic carbocycles. The van der Waals surface area contributed by atoms with Crippen LogP contribution in [0.4, 0.5) is 4.79 Å². The van der Waals surface area contributed by atoms with Crippen LogP contribution in [0.2, 0.25) is 0 Å². The highest BCUT2D eigenvalue weighted by Gasteiger charge is 2.15. The van der Waals surface area contributed by atoms with Crippen molar-refractivity contribution in [2.75, 3.05) is 25.6 Å². The van der Waals surface area contributed by atoms with Gasteiger partial charge in [-0.1, -0.05) is 0 Å². The van der Waals surface area contributed by atoms with Gasteiger partial charge in [0.15, 0.2) is 0 Å². The maximum atomic E-state index is 11.1. The van der Waals surface area contributed by atoms with Crippen LogP contribution < -0.4 is 10.6 Å². The molecule has 0 atom stereocenters. The third kappa shape index (κ3) is 4.33. The predicted octanol–water partition coefficient (Wildman–Crippen LogP) is 0.703. The van der Waals surface area contributed by atoms with E-state index in [0.29, 0.717) is 5.88 Å². The second-order valence-electron chi connectivity index (χ2n) is 2.99. The molecule has 1 aliphatic rings. The van der Waals surface area contributed by atoms with E-state index >= 15 is 0 Å². The minimum Gasteiger partial charge on any atom is -0.448 e. The van der Waals surface area contributed by atoms with Crippen LogP contribution in [-0.4, -0.2) is 37.7 Å². The van der Waals surface area contributed by atoms with Crippen LogP contribution in [0.25, 0.3) is 0 Å². The number of rotatable bonds is 3. The van der Waals surface area contributed by atoms with E-state index in [1.54, 1.807) is 0 Å². The Morgan fingerprint density at radius 2 is 2.23 bits per heavy atom. The second-order valence-corrected chi connectivity index (χ2v) is 3.37. The lowest BCUT2D eigenvalue weighted by Crippen LogP contribution is -2.43. The monoisotopic (exact) mass is 206 g/mol. The molecule has 5 heteroatoms. The number of piperidine rings is 1. The molecule has 1 rings (SSSR count). The van der Waals surface area contributed by atoms with Gasteiger partial charge in [0, 0.05) is 6.04 Å². The fourth-order valence-electron chi connectivity index (χ4n) is 1.31. The summed E-state index contributed by atoms with van der Waals surface area (Å²) in [7, 11) is 0. The van der Waals surface area contributed by atoms with E-state index in [-0.39, 0.29) is 18.7 Å². The Morgan fingerprint density at radius 1 is 1.54 bits per heavy atom. The molecule has 4 nitrogen and oxygen atoms in total. The molecular weight excluding hydrogens is 192 g/mol. The minimum atomic E-state index is -0.354. The molecule has 0 bridgehead atoms. The lowest BCUT2D eigenvalue weighted by molar-refractivity contribution is 0.146. The number of hydrogen-bond donors (Lipinski definition) is 2. The van der Waals surface area contributed by atoms with Gasteiger partial charge < -0.3 is 15.4 Å². The normalized spacial score (nSPS) is 18.2. The molecule has 2 N–H and O–H groups in total. The van der Waals surface area contributed by atoms with Crippen molar-refractivity contribution in [1.29, 1.82) is 0 Å². The molecule has 0 spiro atoms. The average molecular weight is 207 g/mol. The quantitative estimate of drug-likeness (QED) is 0.669. The van der Waals surface area contributed by atoms with Gasteiger partial charge >= 0.3 is 6.09 Å². The first-order valence-electron chi connectivity index (χ1n) is 4.53. The smallest absolute Gasteiger partial charge is 0.407 e. The summed E-state index contributed by atoms with van der Waals surface area (Å²) < 4.78 is 4.79. The Labute approximate surface area is 83.0 Å². The van der Waals surface area contributed by atoms with Crippen molar-refractivity contribution in [2.45, 2.75) is 18.9 Å². The van der Waals surface area contributed by atoms with Gasteiger partial charge in [0.25, 0.3) is 0 Å². The fraction of sp³-hybridized carbons (Fsp3) is 0.875. The average Bonchev–Trinajstić information content (AvgIpc) is 2.16. The topological polar surface area (TPSA) is 50.4 Å². The summed E-state index contributed by atoms with van der Waals surface area (Å²) in [6.07, 6.45) is 1.58. The van der Waals surface area contributed by atoms with Crippen LogP contribution in [0.3, 0.4) is 0 Å². The lowest BCUT2D eigenvalue weighted by atomic mass is 10.1. The largest absolute Gasteiger partial charge is 0.448 e. The van der Waals surface area contributed by atoms with Gasteiger partial charge in [-0.25, -0.2) is 4.79 Å². The molecule has 0 unspecified atom stereocenters. The van der Waals surface area contributed by atoms with E-state index in [0.717, 1.165) is 25.9 Å². The third-order valence-electron chi connectivity index (χ3n) is 1.97. The summed E-state index contributed by atoms with van der Waals surface area (Å²) in [5, 5.41) is 6.01. The fourth-order valence-corrected chi connectivity index (χ4v) is 1.38. The number of halogens is 1. The molecule has 1 amide bonds. The van der Waals surface area contributed by atoms with Crippen molar-refractivity contribution in [1.82, 2.24) is 10.6 Å². The van der Waals surface area contributed by atoms with E-state index < -0.39 is 0 Å². The van der Waals surface area contributed by atoms with Crippen molar-refractivity contribution in [3.05, 3.63) is 0 Å². The highest BCUT2D eigenvalue weighted by Crippen LogP contribution is 2.01. The Morgan fingerprint density at radius 3 is 2.85 bits per heavy atom. The number of hydrogen-bond acceptors (Lipinski definition) is 3. The summed E-state index contributed by atoms with van der Waals surface area (Å²) in [4.78, 5) is 11.1. The van der Waals surface area contributed by atoms with Gasteiger partial charge in [-0.3, -0.25) is 0 Å². The maximum Gasteiger partial charge on any atom is 0.407 e. The summed E-state index contributed by atoms with van der Waals surface area (Å²) in [5.74, 6) is 0.347. The van der Waals surface area contributed by atoms with Crippen LogP contribution >= 0.6 is 11.6 Å². The molecule has 1 aliphatic heterocycles. The van der Waals surface area contributed by atoms with Crippen LogP contribution in [-0.2, 0) is 4.74 Å². The van der Waals surface area contributed by atoms with Crippen LogP contribution in [0.15, 0.2) is 0 Å². The maximum absolute atomic E-state index is 11.1. The van der Waals surface area contributed by atoms with E-state index in [9.17, 15) is 4.79 Å². The molecule has 1 saturated heterocycles. The number of ether oxygens (including phenoxy) is 1. The summed E-state index contributed by atoms with van der Waals surface area (Å²) in [6.45, 7) is 2.19. The number of alkyl carbamates (subject to hydrolysis) is 1. The van der Waals surface area contributed by atoms with Gasteiger partial charge in [0.05, 0.1) is 5.88 Å². The van der Waals surface area contributed by atoms with E-state index in [4.69, 9.17) is 16.3 Å². The zero-order chi connectivity index (χ0) is 9.52. The van der Waals surface area contributed by atoms with E-state index in [2.05, 4.69) is 10.6 Å². The molecule has 0 aromatic heterocycles. The van der Waals surface area contributed by atoms with Gasteiger partial charge in [-0.2, -0.15) is 0 Å². The summed E-state index contributed by atoms with van der Waals surface area (Å²) in [5.41, 5.74) is 0. The first-order chi connectivity index (χ1) is 6.33. The Bertz CT molecular complexity index is 160. The summed E-state index contributed by atoms with van der Waals surface area (Å²) in [6, 6.07) is 0.254. The predicted molar refractivity (Wildman–Crippen MR) is 51.1 cm³/mol. The van der Waals surface area contributed by atoms with E-state index in [1.165, 1.54) is 0 Å². The van der Waals surface area contributed by atoms with Crippen molar-refractivity contribution in [2.24, 2.45) is 0 Å². The number of carbonyl (C=O) groups excluding carboxylic acids is 1. The SMILES string of the molecule is O=C(NC1CCNCC1)OCCCl. The van der Waals surface area contributed by atoms with Crippen LogP contribution in [0, 0.1) is 0 Å². The van der Waals surface area contributed by atoms with Crippen molar-refractivity contribution >= 4 is 17.7 Å². The zero-order valence-electron chi connectivity index (χ0n) is 7.51. The second kappa shape index (κ2) is 6.05. The highest BCUT2D eigenvalue weighted by atomic mass is 35.5. The van der Waals surface area contributed by atoms with Crippen molar-refractivity contribution in [3.63, 3.8) is 0 Å². The Hall–Kier alpha value is -0.480. The molecule has 1 heterocycles. The Kier molecular flexibility index (Phi) is 4.93.